The highest BCUT2D eigenvalue weighted by atomic mass is 35.5. The van der Waals surface area contributed by atoms with Crippen molar-refractivity contribution in [1.82, 2.24) is 15.0 Å². The predicted octanol–water partition coefficient (Wildman–Crippen LogP) is 2.48. The Hall–Kier alpha value is -0.750. The lowest BCUT2D eigenvalue weighted by Gasteiger charge is -2.21. The molecule has 1 N–H and O–H groups in total. The van der Waals surface area contributed by atoms with E-state index in [4.69, 9.17) is 16.3 Å². The number of hydrogen-bond donors (Lipinski definition) is 1. The van der Waals surface area contributed by atoms with Crippen LogP contribution in [-0.4, -0.2) is 39.6 Å². The van der Waals surface area contributed by atoms with Crippen molar-refractivity contribution < 1.29 is 4.74 Å². The normalized spacial score (nSPS) is 16.6. The summed E-state index contributed by atoms with van der Waals surface area (Å²) in [6.07, 6.45) is 2.49. The van der Waals surface area contributed by atoms with E-state index in [9.17, 15) is 0 Å². The molecule has 2 heterocycles. The van der Waals surface area contributed by atoms with Gasteiger partial charge in [0.15, 0.2) is 0 Å². The maximum Gasteiger partial charge on any atom is 0.322 e. The molecular weight excluding hydrogens is 272 g/mol. The van der Waals surface area contributed by atoms with Gasteiger partial charge in [-0.2, -0.15) is 26.7 Å². The number of nitrogens with zero attached hydrogens (tertiary/aromatic N) is 3. The smallest absolute Gasteiger partial charge is 0.322 e. The summed E-state index contributed by atoms with van der Waals surface area (Å²) in [6, 6.07) is 0.277. The number of anilines is 1. The summed E-state index contributed by atoms with van der Waals surface area (Å²) in [5.41, 5.74) is 0. The third-order valence-corrected chi connectivity index (χ3v) is 3.97. The van der Waals surface area contributed by atoms with Gasteiger partial charge in [-0.25, -0.2) is 0 Å². The van der Waals surface area contributed by atoms with Crippen molar-refractivity contribution in [3.8, 4) is 6.01 Å². The Balaban J connectivity index is 1.91. The molecule has 0 amide bonds. The van der Waals surface area contributed by atoms with Gasteiger partial charge in [0.2, 0.25) is 11.2 Å². The Morgan fingerprint density at radius 1 is 1.33 bits per heavy atom. The molecule has 0 aromatic carbocycles. The molecule has 1 aromatic heterocycles. The van der Waals surface area contributed by atoms with Gasteiger partial charge in [-0.3, -0.25) is 0 Å². The van der Waals surface area contributed by atoms with Crippen LogP contribution in [0.15, 0.2) is 0 Å². The standard InChI is InChI=1S/C11H17ClN4OS/c1-2-17-11-15-9(12)14-10(16-11)13-7-8-3-5-18-6-4-8/h8H,2-7H2,1H3,(H,13,14,15,16). The molecule has 0 radical (unpaired) electrons. The first-order valence-corrected chi connectivity index (χ1v) is 7.67. The van der Waals surface area contributed by atoms with E-state index in [1.54, 1.807) is 0 Å². The van der Waals surface area contributed by atoms with E-state index >= 15 is 0 Å². The van der Waals surface area contributed by atoms with Crippen LogP contribution in [0.2, 0.25) is 5.28 Å². The van der Waals surface area contributed by atoms with Crippen LogP contribution >= 0.6 is 23.4 Å². The van der Waals surface area contributed by atoms with Gasteiger partial charge < -0.3 is 10.1 Å². The number of thioether (sulfide) groups is 1. The van der Waals surface area contributed by atoms with Crippen molar-refractivity contribution in [2.45, 2.75) is 19.8 Å². The Kier molecular flexibility index (Phi) is 5.31. The zero-order chi connectivity index (χ0) is 12.8. The second-order valence-electron chi connectivity index (χ2n) is 4.08. The van der Waals surface area contributed by atoms with Gasteiger partial charge in [0.25, 0.3) is 0 Å². The minimum Gasteiger partial charge on any atom is -0.464 e. The monoisotopic (exact) mass is 288 g/mol. The SMILES string of the molecule is CCOc1nc(Cl)nc(NCC2CCSCC2)n1. The summed E-state index contributed by atoms with van der Waals surface area (Å²) in [6.45, 7) is 3.27. The van der Waals surface area contributed by atoms with Crippen molar-refractivity contribution >= 4 is 29.3 Å². The van der Waals surface area contributed by atoms with Crippen molar-refractivity contribution in [3.05, 3.63) is 5.28 Å². The van der Waals surface area contributed by atoms with Crippen LogP contribution in [-0.2, 0) is 0 Å². The van der Waals surface area contributed by atoms with Crippen molar-refractivity contribution in [1.29, 1.82) is 0 Å². The summed E-state index contributed by atoms with van der Waals surface area (Å²) in [7, 11) is 0. The molecule has 7 heteroatoms. The highest BCUT2D eigenvalue weighted by molar-refractivity contribution is 7.99. The molecule has 1 fully saturated rings. The van der Waals surface area contributed by atoms with Gasteiger partial charge in [0, 0.05) is 6.54 Å². The van der Waals surface area contributed by atoms with Crippen LogP contribution in [0.3, 0.4) is 0 Å². The molecule has 0 atom stereocenters. The van der Waals surface area contributed by atoms with Crippen molar-refractivity contribution in [2.24, 2.45) is 5.92 Å². The zero-order valence-electron chi connectivity index (χ0n) is 10.4. The third kappa shape index (κ3) is 4.17. The molecule has 1 aliphatic heterocycles. The minimum atomic E-state index is 0.162. The van der Waals surface area contributed by atoms with Crippen LogP contribution < -0.4 is 10.1 Å². The number of ether oxygens (including phenoxy) is 1. The molecule has 18 heavy (non-hydrogen) atoms. The molecule has 0 saturated carbocycles. The molecule has 100 valence electrons. The molecule has 0 aliphatic carbocycles. The molecule has 2 rings (SSSR count). The molecule has 1 aliphatic rings. The average molecular weight is 289 g/mol. The number of rotatable bonds is 5. The van der Waals surface area contributed by atoms with E-state index in [2.05, 4.69) is 20.3 Å². The topological polar surface area (TPSA) is 59.9 Å². The molecule has 1 aromatic rings. The number of aromatic nitrogens is 3. The van der Waals surface area contributed by atoms with Gasteiger partial charge in [-0.1, -0.05) is 0 Å². The fourth-order valence-electron chi connectivity index (χ4n) is 1.79. The number of nitrogens with one attached hydrogen (secondary N) is 1. The summed E-state index contributed by atoms with van der Waals surface area (Å²) in [4.78, 5) is 12.1. The van der Waals surface area contributed by atoms with E-state index < -0.39 is 0 Å². The Labute approximate surface area is 116 Å². The van der Waals surface area contributed by atoms with E-state index in [1.165, 1.54) is 24.3 Å². The lowest BCUT2D eigenvalue weighted by Crippen LogP contribution is -2.20. The number of hydrogen-bond acceptors (Lipinski definition) is 6. The van der Waals surface area contributed by atoms with Gasteiger partial charge in [-0.15, -0.1) is 0 Å². The van der Waals surface area contributed by atoms with E-state index in [0.717, 1.165) is 6.54 Å². The first kappa shape index (κ1) is 13.7. The van der Waals surface area contributed by atoms with E-state index in [-0.39, 0.29) is 11.3 Å². The highest BCUT2D eigenvalue weighted by Gasteiger charge is 2.14. The summed E-state index contributed by atoms with van der Waals surface area (Å²) in [5.74, 6) is 3.68. The molecule has 1 saturated heterocycles. The van der Waals surface area contributed by atoms with Gasteiger partial charge >= 0.3 is 6.01 Å². The lowest BCUT2D eigenvalue weighted by molar-refractivity contribution is 0.312. The highest BCUT2D eigenvalue weighted by Crippen LogP contribution is 2.23. The Bertz CT molecular complexity index is 387. The molecule has 5 nitrogen and oxygen atoms in total. The zero-order valence-corrected chi connectivity index (χ0v) is 11.9. The fourth-order valence-corrected chi connectivity index (χ4v) is 3.15. The largest absolute Gasteiger partial charge is 0.464 e. The molecule has 0 bridgehead atoms. The maximum absolute atomic E-state index is 5.82. The van der Waals surface area contributed by atoms with Crippen LogP contribution in [0.4, 0.5) is 5.95 Å². The van der Waals surface area contributed by atoms with E-state index in [0.29, 0.717) is 18.5 Å². The lowest BCUT2D eigenvalue weighted by atomic mass is 10.0. The first-order valence-electron chi connectivity index (χ1n) is 6.14. The van der Waals surface area contributed by atoms with Crippen LogP contribution in [0.25, 0.3) is 0 Å². The van der Waals surface area contributed by atoms with Gasteiger partial charge in [0.1, 0.15) is 0 Å². The van der Waals surface area contributed by atoms with Crippen LogP contribution in [0.1, 0.15) is 19.8 Å². The Morgan fingerprint density at radius 3 is 2.83 bits per heavy atom. The quantitative estimate of drug-likeness (QED) is 0.898. The van der Waals surface area contributed by atoms with Crippen LogP contribution in [0, 0.1) is 5.92 Å². The summed E-state index contributed by atoms with van der Waals surface area (Å²) < 4.78 is 5.23. The second-order valence-corrected chi connectivity index (χ2v) is 5.64. The van der Waals surface area contributed by atoms with Crippen molar-refractivity contribution in [3.63, 3.8) is 0 Å². The van der Waals surface area contributed by atoms with Gasteiger partial charge in [-0.05, 0) is 48.8 Å². The molecular formula is C11H17ClN4OS. The molecule has 0 unspecified atom stereocenters. The Morgan fingerprint density at radius 2 is 2.11 bits per heavy atom. The second kappa shape index (κ2) is 6.99. The molecule has 0 spiro atoms. The number of halogens is 1. The summed E-state index contributed by atoms with van der Waals surface area (Å²) >= 11 is 7.84. The third-order valence-electron chi connectivity index (χ3n) is 2.75. The van der Waals surface area contributed by atoms with Crippen LogP contribution in [0.5, 0.6) is 6.01 Å². The van der Waals surface area contributed by atoms with Gasteiger partial charge in [0.05, 0.1) is 6.61 Å². The minimum absolute atomic E-state index is 0.162. The fraction of sp³-hybridized carbons (Fsp3) is 0.727. The van der Waals surface area contributed by atoms with E-state index in [1.807, 2.05) is 18.7 Å². The van der Waals surface area contributed by atoms with Crippen molar-refractivity contribution in [2.75, 3.05) is 30.0 Å². The first-order chi connectivity index (χ1) is 8.78. The average Bonchev–Trinajstić information content (AvgIpc) is 2.37. The summed E-state index contributed by atoms with van der Waals surface area (Å²) in [5, 5.41) is 3.38. The maximum atomic E-state index is 5.82. The predicted molar refractivity (Wildman–Crippen MR) is 74.5 cm³/mol.